The van der Waals surface area contributed by atoms with E-state index in [9.17, 15) is 0 Å². The van der Waals surface area contributed by atoms with E-state index in [1.807, 2.05) is 19.4 Å². The lowest BCUT2D eigenvalue weighted by molar-refractivity contribution is 0.355. The molecule has 2 fully saturated rings. The zero-order valence-corrected chi connectivity index (χ0v) is 11.1. The van der Waals surface area contributed by atoms with Gasteiger partial charge >= 0.3 is 0 Å². The molecule has 2 saturated carbocycles. The Balaban J connectivity index is 1.50. The SMILES string of the molecule is Cn1cc(Cc2nc(C3CCCC4CC43)no2)cn1. The molecule has 4 rings (SSSR count). The van der Waals surface area contributed by atoms with Crippen molar-refractivity contribution < 1.29 is 4.52 Å². The van der Waals surface area contributed by atoms with Gasteiger partial charge < -0.3 is 4.52 Å². The molecule has 0 radical (unpaired) electrons. The quantitative estimate of drug-likeness (QED) is 0.847. The van der Waals surface area contributed by atoms with Gasteiger partial charge in [-0.3, -0.25) is 4.68 Å². The Morgan fingerprint density at radius 1 is 1.42 bits per heavy atom. The van der Waals surface area contributed by atoms with Gasteiger partial charge in [-0.05, 0) is 30.2 Å². The Morgan fingerprint density at radius 2 is 2.37 bits per heavy atom. The van der Waals surface area contributed by atoms with E-state index in [0.29, 0.717) is 18.2 Å². The summed E-state index contributed by atoms with van der Waals surface area (Å²) in [6, 6.07) is 0. The van der Waals surface area contributed by atoms with Crippen LogP contribution in [-0.2, 0) is 13.5 Å². The van der Waals surface area contributed by atoms with Crippen LogP contribution in [0.1, 0.15) is 48.9 Å². The van der Waals surface area contributed by atoms with Crippen LogP contribution in [0, 0.1) is 11.8 Å². The van der Waals surface area contributed by atoms with Crippen molar-refractivity contribution in [3.05, 3.63) is 29.7 Å². The average Bonchev–Trinajstić information content (AvgIpc) is 2.89. The lowest BCUT2D eigenvalue weighted by atomic mass is 9.88. The van der Waals surface area contributed by atoms with Gasteiger partial charge in [-0.15, -0.1) is 0 Å². The molecule has 2 aliphatic rings. The molecule has 19 heavy (non-hydrogen) atoms. The van der Waals surface area contributed by atoms with Gasteiger partial charge in [0.1, 0.15) is 0 Å². The van der Waals surface area contributed by atoms with Crippen molar-refractivity contribution in [3.8, 4) is 0 Å². The number of aryl methyl sites for hydroxylation is 1. The Labute approximate surface area is 112 Å². The number of fused-ring (bicyclic) bond motifs is 1. The summed E-state index contributed by atoms with van der Waals surface area (Å²) in [7, 11) is 1.91. The van der Waals surface area contributed by atoms with E-state index < -0.39 is 0 Å². The van der Waals surface area contributed by atoms with E-state index in [-0.39, 0.29) is 0 Å². The van der Waals surface area contributed by atoms with Crippen LogP contribution < -0.4 is 0 Å². The second-order valence-electron chi connectivity index (χ2n) is 5.94. The normalized spacial score (nSPS) is 29.2. The highest BCUT2D eigenvalue weighted by molar-refractivity contribution is 5.12. The van der Waals surface area contributed by atoms with Crippen molar-refractivity contribution in [2.45, 2.75) is 38.0 Å². The van der Waals surface area contributed by atoms with Crippen molar-refractivity contribution in [2.75, 3.05) is 0 Å². The van der Waals surface area contributed by atoms with Crippen LogP contribution in [0.5, 0.6) is 0 Å². The molecule has 100 valence electrons. The topological polar surface area (TPSA) is 56.7 Å². The lowest BCUT2D eigenvalue weighted by Crippen LogP contribution is -2.09. The van der Waals surface area contributed by atoms with E-state index in [1.54, 1.807) is 4.68 Å². The monoisotopic (exact) mass is 258 g/mol. The fourth-order valence-corrected chi connectivity index (χ4v) is 3.46. The third-order valence-corrected chi connectivity index (χ3v) is 4.51. The summed E-state index contributed by atoms with van der Waals surface area (Å²) in [5.41, 5.74) is 1.12. The van der Waals surface area contributed by atoms with Crippen LogP contribution in [0.25, 0.3) is 0 Å². The Bertz CT molecular complexity index is 588. The number of nitrogens with zero attached hydrogens (tertiary/aromatic N) is 4. The highest BCUT2D eigenvalue weighted by Crippen LogP contribution is 2.55. The highest BCUT2D eigenvalue weighted by atomic mass is 16.5. The Morgan fingerprint density at radius 3 is 3.21 bits per heavy atom. The Hall–Kier alpha value is -1.65. The summed E-state index contributed by atoms with van der Waals surface area (Å²) < 4.78 is 7.19. The van der Waals surface area contributed by atoms with Gasteiger partial charge in [-0.2, -0.15) is 10.1 Å². The lowest BCUT2D eigenvalue weighted by Gasteiger charge is -2.17. The largest absolute Gasteiger partial charge is 0.339 e. The fraction of sp³-hybridized carbons (Fsp3) is 0.643. The van der Waals surface area contributed by atoms with Gasteiger partial charge in [0.05, 0.1) is 12.6 Å². The van der Waals surface area contributed by atoms with Crippen LogP contribution in [-0.4, -0.2) is 19.9 Å². The molecule has 0 amide bonds. The summed E-state index contributed by atoms with van der Waals surface area (Å²) in [4.78, 5) is 4.60. The van der Waals surface area contributed by atoms with Crippen LogP contribution in [0.15, 0.2) is 16.9 Å². The molecule has 3 unspecified atom stereocenters. The predicted molar refractivity (Wildman–Crippen MR) is 68.5 cm³/mol. The number of hydrogen-bond acceptors (Lipinski definition) is 4. The molecule has 0 bridgehead atoms. The van der Waals surface area contributed by atoms with E-state index >= 15 is 0 Å². The van der Waals surface area contributed by atoms with Crippen molar-refractivity contribution in [1.82, 2.24) is 19.9 Å². The number of hydrogen-bond donors (Lipinski definition) is 0. The molecular weight excluding hydrogens is 240 g/mol. The molecule has 2 heterocycles. The maximum absolute atomic E-state index is 5.40. The number of aromatic nitrogens is 4. The zero-order valence-electron chi connectivity index (χ0n) is 11.1. The van der Waals surface area contributed by atoms with Crippen molar-refractivity contribution in [1.29, 1.82) is 0 Å². The summed E-state index contributed by atoms with van der Waals surface area (Å²) in [5, 5.41) is 8.36. The molecule has 0 spiro atoms. The van der Waals surface area contributed by atoms with E-state index in [4.69, 9.17) is 4.52 Å². The molecule has 2 aromatic rings. The first kappa shape index (κ1) is 11.2. The fourth-order valence-electron chi connectivity index (χ4n) is 3.46. The summed E-state index contributed by atoms with van der Waals surface area (Å²) in [5.74, 6) is 3.97. The molecule has 2 aliphatic carbocycles. The summed E-state index contributed by atoms with van der Waals surface area (Å²) in [6.07, 6.45) is 9.84. The molecule has 5 nitrogen and oxygen atoms in total. The first-order valence-corrected chi connectivity index (χ1v) is 7.09. The first-order valence-electron chi connectivity index (χ1n) is 7.09. The molecule has 2 aromatic heterocycles. The first-order chi connectivity index (χ1) is 9.29. The van der Waals surface area contributed by atoms with Gasteiger partial charge in [-0.1, -0.05) is 18.0 Å². The highest BCUT2D eigenvalue weighted by Gasteiger charge is 2.47. The molecule has 0 saturated heterocycles. The smallest absolute Gasteiger partial charge is 0.231 e. The Kier molecular flexibility index (Phi) is 2.47. The van der Waals surface area contributed by atoms with Gasteiger partial charge in [0.15, 0.2) is 5.82 Å². The van der Waals surface area contributed by atoms with Gasteiger partial charge in [-0.25, -0.2) is 0 Å². The molecule has 0 N–H and O–H groups in total. The van der Waals surface area contributed by atoms with Crippen LogP contribution in [0.3, 0.4) is 0 Å². The van der Waals surface area contributed by atoms with Gasteiger partial charge in [0.2, 0.25) is 5.89 Å². The van der Waals surface area contributed by atoms with Gasteiger partial charge in [0.25, 0.3) is 0 Å². The minimum Gasteiger partial charge on any atom is -0.339 e. The third-order valence-electron chi connectivity index (χ3n) is 4.51. The van der Waals surface area contributed by atoms with E-state index in [1.165, 1.54) is 25.7 Å². The standard InChI is InChI=1S/C14H18N4O/c1-18-8-9(7-15-18)5-13-16-14(17-19-13)11-4-2-3-10-6-12(10)11/h7-8,10-12H,2-6H2,1H3. The molecule has 0 aromatic carbocycles. The van der Waals surface area contributed by atoms with Crippen LogP contribution in [0.2, 0.25) is 0 Å². The minimum atomic E-state index is 0.546. The number of rotatable bonds is 3. The second-order valence-corrected chi connectivity index (χ2v) is 5.94. The minimum absolute atomic E-state index is 0.546. The average molecular weight is 258 g/mol. The van der Waals surface area contributed by atoms with Crippen molar-refractivity contribution in [2.24, 2.45) is 18.9 Å². The maximum atomic E-state index is 5.40. The molecule has 3 atom stereocenters. The third kappa shape index (κ3) is 2.07. The molecule has 5 heteroatoms. The molecular formula is C14H18N4O. The van der Waals surface area contributed by atoms with Crippen molar-refractivity contribution >= 4 is 0 Å². The van der Waals surface area contributed by atoms with Crippen molar-refractivity contribution in [3.63, 3.8) is 0 Å². The van der Waals surface area contributed by atoms with E-state index in [0.717, 1.165) is 23.2 Å². The van der Waals surface area contributed by atoms with Crippen LogP contribution >= 0.6 is 0 Å². The zero-order chi connectivity index (χ0) is 12.8. The summed E-state index contributed by atoms with van der Waals surface area (Å²) >= 11 is 0. The molecule has 0 aliphatic heterocycles. The van der Waals surface area contributed by atoms with E-state index in [2.05, 4.69) is 15.2 Å². The van der Waals surface area contributed by atoms with Gasteiger partial charge in [0, 0.05) is 19.2 Å². The predicted octanol–water partition coefficient (Wildman–Crippen LogP) is 2.30. The second kappa shape index (κ2) is 4.18. The summed E-state index contributed by atoms with van der Waals surface area (Å²) in [6.45, 7) is 0. The maximum Gasteiger partial charge on any atom is 0.231 e. The van der Waals surface area contributed by atoms with Crippen LogP contribution in [0.4, 0.5) is 0 Å².